The van der Waals surface area contributed by atoms with Crippen LogP contribution in [0.5, 0.6) is 5.75 Å². The first kappa shape index (κ1) is 19.9. The fraction of sp³-hybridized carbons (Fsp3) is 0.579. The molecule has 1 fully saturated rings. The van der Waals surface area contributed by atoms with Crippen LogP contribution in [0.3, 0.4) is 0 Å². The second-order valence-electron chi connectivity index (χ2n) is 6.86. The number of nitrogens with zero attached hydrogens (tertiary/aromatic N) is 2. The Hall–Kier alpha value is -1.83. The van der Waals surface area contributed by atoms with Crippen LogP contribution in [0.15, 0.2) is 18.2 Å². The van der Waals surface area contributed by atoms with E-state index in [9.17, 15) is 9.59 Å². The van der Waals surface area contributed by atoms with Crippen molar-refractivity contribution in [1.29, 1.82) is 0 Å². The quantitative estimate of drug-likeness (QED) is 0.696. The molecule has 0 aliphatic carbocycles. The maximum absolute atomic E-state index is 12.7. The van der Waals surface area contributed by atoms with Crippen molar-refractivity contribution in [3.8, 4) is 5.75 Å². The lowest BCUT2D eigenvalue weighted by molar-refractivity contribution is -0.139. The predicted octanol–water partition coefficient (Wildman–Crippen LogP) is 0.940. The molecule has 2 aliphatic heterocycles. The lowest BCUT2D eigenvalue weighted by Gasteiger charge is -2.35. The average molecular weight is 396 g/mol. The molecule has 1 saturated heterocycles. The molecule has 148 valence electrons. The third kappa shape index (κ3) is 5.34. The third-order valence-electron chi connectivity index (χ3n) is 4.87. The van der Waals surface area contributed by atoms with Crippen LogP contribution in [0.25, 0.3) is 0 Å². The highest BCUT2D eigenvalue weighted by Gasteiger charge is 2.34. The monoisotopic (exact) mass is 395 g/mol. The number of methoxy groups -OCH3 is 1. The van der Waals surface area contributed by atoms with Crippen molar-refractivity contribution in [2.45, 2.75) is 18.9 Å². The molecule has 7 nitrogen and oxygen atoms in total. The van der Waals surface area contributed by atoms with E-state index in [-0.39, 0.29) is 11.8 Å². The lowest BCUT2D eigenvalue weighted by Crippen LogP contribution is -2.53. The summed E-state index contributed by atoms with van der Waals surface area (Å²) in [4.78, 5) is 28.6. The summed E-state index contributed by atoms with van der Waals surface area (Å²) in [5.41, 5.74) is 0.977. The molecule has 1 aromatic carbocycles. The van der Waals surface area contributed by atoms with Crippen LogP contribution in [0.4, 0.5) is 0 Å². The summed E-state index contributed by atoms with van der Waals surface area (Å²) >= 11 is 6.01. The molecule has 3 rings (SSSR count). The van der Waals surface area contributed by atoms with Gasteiger partial charge in [-0.15, -0.1) is 0 Å². The minimum atomic E-state index is -0.478. The summed E-state index contributed by atoms with van der Waals surface area (Å²) in [7, 11) is 1.65. The zero-order valence-electron chi connectivity index (χ0n) is 15.6. The van der Waals surface area contributed by atoms with Crippen LogP contribution < -0.4 is 10.1 Å². The van der Waals surface area contributed by atoms with Crippen LogP contribution in [0.1, 0.15) is 12.0 Å². The topological polar surface area (TPSA) is 71.1 Å². The first-order valence-corrected chi connectivity index (χ1v) is 9.66. The Kier molecular flexibility index (Phi) is 6.93. The zero-order chi connectivity index (χ0) is 19.2. The Morgan fingerprint density at radius 2 is 2.07 bits per heavy atom. The van der Waals surface area contributed by atoms with Crippen LogP contribution in [0, 0.1) is 0 Å². The van der Waals surface area contributed by atoms with Gasteiger partial charge in [-0.25, -0.2) is 0 Å². The van der Waals surface area contributed by atoms with Crippen LogP contribution in [-0.2, 0) is 20.7 Å². The second-order valence-corrected chi connectivity index (χ2v) is 7.30. The van der Waals surface area contributed by atoms with Crippen molar-refractivity contribution >= 4 is 23.4 Å². The zero-order valence-corrected chi connectivity index (χ0v) is 16.3. The largest absolute Gasteiger partial charge is 0.480 e. The van der Waals surface area contributed by atoms with Gasteiger partial charge in [0.2, 0.25) is 5.91 Å². The molecule has 8 heteroatoms. The molecule has 1 atom stereocenters. The van der Waals surface area contributed by atoms with E-state index in [4.69, 9.17) is 21.1 Å². The summed E-state index contributed by atoms with van der Waals surface area (Å²) < 4.78 is 10.8. The van der Waals surface area contributed by atoms with Gasteiger partial charge in [0, 0.05) is 57.9 Å². The number of hydrogen-bond acceptors (Lipinski definition) is 5. The highest BCUT2D eigenvalue weighted by Crippen LogP contribution is 2.31. The standard InChI is InChI=1S/C19H26ClN3O4/c1-26-10-2-5-21-18(24)13-22-6-8-23(9-7-22)19(25)17-12-14-11-15(20)3-4-16(14)27-17/h3-4,11,17H,2,5-10,12-13H2,1H3,(H,21,24)/t17-/m1/s1. The highest BCUT2D eigenvalue weighted by molar-refractivity contribution is 6.30. The molecule has 27 heavy (non-hydrogen) atoms. The third-order valence-corrected chi connectivity index (χ3v) is 5.11. The molecule has 1 N–H and O–H groups in total. The highest BCUT2D eigenvalue weighted by atomic mass is 35.5. The van der Waals surface area contributed by atoms with Crippen molar-refractivity contribution in [3.05, 3.63) is 28.8 Å². The first-order valence-electron chi connectivity index (χ1n) is 9.28. The van der Waals surface area contributed by atoms with Gasteiger partial charge >= 0.3 is 0 Å². The lowest BCUT2D eigenvalue weighted by atomic mass is 10.1. The van der Waals surface area contributed by atoms with Crippen LogP contribution in [0.2, 0.25) is 5.02 Å². The maximum Gasteiger partial charge on any atom is 0.264 e. The number of amides is 2. The molecule has 2 amide bonds. The van der Waals surface area contributed by atoms with Gasteiger partial charge in [0.25, 0.3) is 5.91 Å². The van der Waals surface area contributed by atoms with E-state index in [2.05, 4.69) is 10.2 Å². The Balaban J connectivity index is 1.40. The van der Waals surface area contributed by atoms with E-state index in [0.717, 1.165) is 17.7 Å². The van der Waals surface area contributed by atoms with Crippen molar-refractivity contribution in [3.63, 3.8) is 0 Å². The smallest absolute Gasteiger partial charge is 0.264 e. The normalized spacial score (nSPS) is 19.5. The van der Waals surface area contributed by atoms with Crippen molar-refractivity contribution in [1.82, 2.24) is 15.1 Å². The Morgan fingerprint density at radius 1 is 1.30 bits per heavy atom. The number of carbonyl (C=O) groups is 2. The molecular formula is C19H26ClN3O4. The van der Waals surface area contributed by atoms with E-state index in [1.807, 2.05) is 17.0 Å². The summed E-state index contributed by atoms with van der Waals surface area (Å²) in [5.74, 6) is 0.754. The van der Waals surface area contributed by atoms with Gasteiger partial charge in [0.1, 0.15) is 5.75 Å². The molecule has 0 aromatic heterocycles. The molecule has 0 unspecified atom stereocenters. The van der Waals surface area contributed by atoms with Gasteiger partial charge in [-0.1, -0.05) is 11.6 Å². The fourth-order valence-corrected chi connectivity index (χ4v) is 3.58. The van der Waals surface area contributed by atoms with Gasteiger partial charge in [-0.3, -0.25) is 14.5 Å². The first-order chi connectivity index (χ1) is 13.1. The maximum atomic E-state index is 12.7. The van der Waals surface area contributed by atoms with E-state index in [1.165, 1.54) is 0 Å². The van der Waals surface area contributed by atoms with Crippen molar-refractivity contribution < 1.29 is 19.1 Å². The minimum absolute atomic E-state index is 0.00555. The Morgan fingerprint density at radius 3 is 2.81 bits per heavy atom. The van der Waals surface area contributed by atoms with E-state index in [0.29, 0.717) is 57.3 Å². The molecular weight excluding hydrogens is 370 g/mol. The molecule has 0 saturated carbocycles. The number of halogens is 1. The van der Waals surface area contributed by atoms with Crippen LogP contribution >= 0.6 is 11.6 Å². The number of hydrogen-bond donors (Lipinski definition) is 1. The second kappa shape index (κ2) is 9.39. The van der Waals surface area contributed by atoms with Gasteiger partial charge < -0.3 is 19.7 Å². The van der Waals surface area contributed by atoms with E-state index >= 15 is 0 Å². The predicted molar refractivity (Wildman–Crippen MR) is 102 cm³/mol. The summed E-state index contributed by atoms with van der Waals surface area (Å²) in [6.45, 7) is 4.19. The molecule has 0 radical (unpaired) electrons. The van der Waals surface area contributed by atoms with Crippen molar-refractivity contribution in [2.75, 3.05) is 53.0 Å². The molecule has 2 aliphatic rings. The Bertz CT molecular complexity index is 677. The van der Waals surface area contributed by atoms with E-state index in [1.54, 1.807) is 13.2 Å². The average Bonchev–Trinajstić information content (AvgIpc) is 3.08. The van der Waals surface area contributed by atoms with Gasteiger partial charge in [0.15, 0.2) is 6.10 Å². The van der Waals surface area contributed by atoms with Gasteiger partial charge in [0.05, 0.1) is 6.54 Å². The molecule has 2 heterocycles. The van der Waals surface area contributed by atoms with E-state index < -0.39 is 6.10 Å². The number of nitrogens with one attached hydrogen (secondary N) is 1. The summed E-state index contributed by atoms with van der Waals surface area (Å²) in [6.07, 6.45) is 0.882. The number of carbonyl (C=O) groups excluding carboxylic acids is 2. The fourth-order valence-electron chi connectivity index (χ4n) is 3.39. The molecule has 0 bridgehead atoms. The number of fused-ring (bicyclic) bond motifs is 1. The summed E-state index contributed by atoms with van der Waals surface area (Å²) in [6, 6.07) is 5.44. The van der Waals surface area contributed by atoms with Gasteiger partial charge in [-0.2, -0.15) is 0 Å². The van der Waals surface area contributed by atoms with Crippen molar-refractivity contribution in [2.24, 2.45) is 0 Å². The Labute approximate surface area is 164 Å². The minimum Gasteiger partial charge on any atom is -0.480 e. The van der Waals surface area contributed by atoms with Gasteiger partial charge in [-0.05, 0) is 30.2 Å². The van der Waals surface area contributed by atoms with Crippen LogP contribution in [-0.4, -0.2) is 80.7 Å². The number of rotatable bonds is 7. The molecule has 1 aromatic rings. The SMILES string of the molecule is COCCCNC(=O)CN1CCN(C(=O)[C@H]2Cc3cc(Cl)ccc3O2)CC1. The number of ether oxygens (including phenoxy) is 2. The molecule has 0 spiro atoms. The summed E-state index contributed by atoms with van der Waals surface area (Å²) in [5, 5.41) is 3.54. The number of piperazine rings is 1. The number of benzene rings is 1.